The molecule has 3 aromatic carbocycles. The average molecular weight is 578 g/mol. The van der Waals surface area contributed by atoms with E-state index in [-0.39, 0.29) is 23.2 Å². The van der Waals surface area contributed by atoms with E-state index in [0.717, 1.165) is 36.8 Å². The molecule has 7 heteroatoms. The number of halogens is 1. The predicted octanol–water partition coefficient (Wildman–Crippen LogP) is 7.12. The molecule has 5 atom stereocenters. The van der Waals surface area contributed by atoms with Crippen LogP contribution < -0.4 is 10.2 Å². The minimum atomic E-state index is -0.163. The maximum absolute atomic E-state index is 13.3. The van der Waals surface area contributed by atoms with Gasteiger partial charge in [0.2, 0.25) is 5.91 Å². The Kier molecular flexibility index (Phi) is 5.64. The molecule has 2 fully saturated rings. The van der Waals surface area contributed by atoms with E-state index in [1.54, 1.807) is 4.57 Å². The van der Waals surface area contributed by atoms with Crippen LogP contribution in [0.5, 0.6) is 0 Å². The van der Waals surface area contributed by atoms with Gasteiger partial charge < -0.3 is 5.32 Å². The summed E-state index contributed by atoms with van der Waals surface area (Å²) in [4.78, 5) is 27.7. The van der Waals surface area contributed by atoms with Crippen molar-refractivity contribution in [3.05, 3.63) is 91.3 Å². The molecule has 36 heavy (non-hydrogen) atoms. The number of amides is 1. The van der Waals surface area contributed by atoms with Crippen molar-refractivity contribution in [2.24, 2.45) is 17.8 Å². The van der Waals surface area contributed by atoms with Gasteiger partial charge in [-0.3, -0.25) is 14.2 Å². The quantitative estimate of drug-likeness (QED) is 0.281. The Balaban J connectivity index is 1.25. The van der Waals surface area contributed by atoms with Gasteiger partial charge in [0.1, 0.15) is 6.54 Å². The smallest absolute Gasteiger partial charge is 0.308 e. The van der Waals surface area contributed by atoms with Crippen molar-refractivity contribution in [1.82, 2.24) is 4.57 Å². The minimum Gasteiger partial charge on any atom is -0.324 e. The minimum absolute atomic E-state index is 0.0344. The van der Waals surface area contributed by atoms with Crippen LogP contribution in [-0.4, -0.2) is 15.7 Å². The van der Waals surface area contributed by atoms with Crippen molar-refractivity contribution < 1.29 is 4.79 Å². The molecule has 0 saturated heterocycles. The zero-order chi connectivity index (χ0) is 24.4. The van der Waals surface area contributed by atoms with E-state index in [0.29, 0.717) is 17.1 Å². The van der Waals surface area contributed by atoms with E-state index in [1.807, 2.05) is 54.2 Å². The predicted molar refractivity (Wildman–Crippen MR) is 151 cm³/mol. The third kappa shape index (κ3) is 3.70. The molecule has 7 rings (SSSR count). The number of carbonyl (C=O) groups is 1. The fraction of sp³-hybridized carbons (Fsp3) is 0.310. The number of thiazole rings is 1. The summed E-state index contributed by atoms with van der Waals surface area (Å²) in [5, 5.41) is 6.68. The molecule has 1 N–H and O–H groups in total. The highest BCUT2D eigenvalue weighted by Gasteiger charge is 2.55. The second kappa shape index (κ2) is 8.89. The van der Waals surface area contributed by atoms with Gasteiger partial charge in [-0.1, -0.05) is 75.8 Å². The van der Waals surface area contributed by atoms with Crippen LogP contribution >= 0.6 is 39.0 Å². The lowest BCUT2D eigenvalue weighted by molar-refractivity contribution is -0.116. The van der Waals surface area contributed by atoms with Gasteiger partial charge in [0.05, 0.1) is 5.03 Å². The molecule has 0 unspecified atom stereocenters. The molecular formula is C29H25BrN2O2S2. The summed E-state index contributed by atoms with van der Waals surface area (Å²) in [6.45, 7) is 0.0393. The molecule has 0 radical (unpaired) electrons. The lowest BCUT2D eigenvalue weighted by Crippen LogP contribution is -2.34. The van der Waals surface area contributed by atoms with Gasteiger partial charge in [0, 0.05) is 31.6 Å². The largest absolute Gasteiger partial charge is 0.324 e. The lowest BCUT2D eigenvalue weighted by Gasteiger charge is -2.40. The lowest BCUT2D eigenvalue weighted by atomic mass is 9.75. The average Bonchev–Trinajstić information content (AvgIpc) is 3.57. The van der Waals surface area contributed by atoms with Gasteiger partial charge in [-0.05, 0) is 66.2 Å². The molecule has 2 heterocycles. The first kappa shape index (κ1) is 22.8. The first-order valence-corrected chi connectivity index (χ1v) is 15.0. The second-order valence-corrected chi connectivity index (χ2v) is 13.3. The van der Waals surface area contributed by atoms with E-state index in [1.165, 1.54) is 36.2 Å². The number of aromatic nitrogens is 1. The maximum atomic E-state index is 13.3. The fourth-order valence-electron chi connectivity index (χ4n) is 6.83. The molecule has 1 aliphatic heterocycles. The van der Waals surface area contributed by atoms with Crippen LogP contribution in [0.15, 0.2) is 81.0 Å². The maximum Gasteiger partial charge on any atom is 0.308 e. The van der Waals surface area contributed by atoms with E-state index >= 15 is 0 Å². The van der Waals surface area contributed by atoms with Gasteiger partial charge in [0.25, 0.3) is 0 Å². The van der Waals surface area contributed by atoms with Crippen LogP contribution in [0.25, 0.3) is 10.8 Å². The molecule has 3 aliphatic rings. The molecule has 2 bridgehead atoms. The van der Waals surface area contributed by atoms with Crippen LogP contribution in [0.4, 0.5) is 5.69 Å². The van der Waals surface area contributed by atoms with Crippen LogP contribution in [0.3, 0.4) is 0 Å². The summed E-state index contributed by atoms with van der Waals surface area (Å²) in [6, 6.07) is 22.5. The molecule has 0 spiro atoms. The first-order chi connectivity index (χ1) is 17.6. The molecule has 2 saturated carbocycles. The summed E-state index contributed by atoms with van der Waals surface area (Å²) in [5.41, 5.74) is 2.06. The number of benzene rings is 3. The van der Waals surface area contributed by atoms with E-state index < -0.39 is 0 Å². The standard InChI is InChI=1S/C29H25BrN2O2S2/c30-20-8-3-7-17(14-20)25-24-18-11-12-19(13-18)26(24)35-28-27(25)36-29(34)32(28)15-23(33)31-22-10-4-6-16-5-1-2-9-21(16)22/h1-10,14,18-19,24-26H,11-13,15H2,(H,31,33)/t18-,19-,24-,25-,26+/m0/s1. The van der Waals surface area contributed by atoms with Crippen molar-refractivity contribution in [2.45, 2.75) is 42.0 Å². The Hall–Kier alpha value is -2.35. The SMILES string of the molecule is O=C(Cn1c2c(sc1=O)[C@@H](c1cccc(Br)c1)[C@@H]1[C@H]3CC[C@@H](C3)[C@H]1S2)Nc1cccc2ccccc12. The van der Waals surface area contributed by atoms with Gasteiger partial charge in [-0.15, -0.1) is 11.8 Å². The highest BCUT2D eigenvalue weighted by Crippen LogP contribution is 2.64. The van der Waals surface area contributed by atoms with Crippen LogP contribution in [0.1, 0.15) is 35.6 Å². The zero-order valence-corrected chi connectivity index (χ0v) is 22.7. The number of hydrogen-bond acceptors (Lipinski definition) is 4. The zero-order valence-electron chi connectivity index (χ0n) is 19.5. The number of hydrogen-bond donors (Lipinski definition) is 1. The highest BCUT2D eigenvalue weighted by atomic mass is 79.9. The van der Waals surface area contributed by atoms with Gasteiger partial charge in [-0.2, -0.15) is 0 Å². The summed E-state index contributed by atoms with van der Waals surface area (Å²) < 4.78 is 2.80. The van der Waals surface area contributed by atoms with E-state index in [9.17, 15) is 9.59 Å². The molecule has 1 amide bonds. The second-order valence-electron chi connectivity index (χ2n) is 10.2. The molecular weight excluding hydrogens is 552 g/mol. The van der Waals surface area contributed by atoms with Crippen molar-refractivity contribution >= 4 is 61.4 Å². The Morgan fingerprint density at radius 2 is 1.83 bits per heavy atom. The Bertz CT molecular complexity index is 1560. The summed E-state index contributed by atoms with van der Waals surface area (Å²) >= 11 is 6.88. The number of carbonyl (C=O) groups excluding carboxylic acids is 1. The Morgan fingerprint density at radius 1 is 1.03 bits per heavy atom. The summed E-state index contributed by atoms with van der Waals surface area (Å²) in [5.74, 6) is 2.06. The van der Waals surface area contributed by atoms with Crippen LogP contribution in [0, 0.1) is 17.8 Å². The number of fused-ring (bicyclic) bond motifs is 7. The monoisotopic (exact) mass is 576 g/mol. The highest BCUT2D eigenvalue weighted by molar-refractivity contribution is 9.10. The molecule has 182 valence electrons. The van der Waals surface area contributed by atoms with Gasteiger partial charge in [-0.25, -0.2) is 0 Å². The topological polar surface area (TPSA) is 51.1 Å². The fourth-order valence-corrected chi connectivity index (χ4v) is 10.4. The van der Waals surface area contributed by atoms with E-state index in [2.05, 4.69) is 45.5 Å². The van der Waals surface area contributed by atoms with Crippen molar-refractivity contribution in [1.29, 1.82) is 0 Å². The van der Waals surface area contributed by atoms with Crippen LogP contribution in [-0.2, 0) is 11.3 Å². The number of nitrogens with zero attached hydrogens (tertiary/aromatic N) is 1. The van der Waals surface area contributed by atoms with E-state index in [4.69, 9.17) is 0 Å². The van der Waals surface area contributed by atoms with Crippen molar-refractivity contribution in [3.63, 3.8) is 0 Å². The van der Waals surface area contributed by atoms with Crippen molar-refractivity contribution in [2.75, 3.05) is 5.32 Å². The normalized spacial score (nSPS) is 26.1. The molecule has 4 nitrogen and oxygen atoms in total. The Labute approximate surface area is 226 Å². The molecule has 2 aliphatic carbocycles. The van der Waals surface area contributed by atoms with Gasteiger partial charge in [0.15, 0.2) is 0 Å². The van der Waals surface area contributed by atoms with Crippen LogP contribution in [0.2, 0.25) is 0 Å². The summed E-state index contributed by atoms with van der Waals surface area (Å²) in [6.07, 6.45) is 3.89. The third-order valence-corrected chi connectivity index (χ3v) is 11.6. The molecule has 4 aromatic rings. The van der Waals surface area contributed by atoms with Crippen molar-refractivity contribution in [3.8, 4) is 0 Å². The van der Waals surface area contributed by atoms with Gasteiger partial charge >= 0.3 is 4.87 Å². The third-order valence-electron chi connectivity index (χ3n) is 8.26. The molecule has 1 aromatic heterocycles. The number of anilines is 1. The summed E-state index contributed by atoms with van der Waals surface area (Å²) in [7, 11) is 0. The first-order valence-electron chi connectivity index (χ1n) is 12.5. The number of nitrogens with one attached hydrogen (secondary N) is 1. The number of rotatable bonds is 4. The number of thioether (sulfide) groups is 1. The Morgan fingerprint density at radius 3 is 2.72 bits per heavy atom.